The first kappa shape index (κ1) is 18.7. The van der Waals surface area contributed by atoms with Crippen molar-refractivity contribution in [2.75, 3.05) is 19.6 Å². The zero-order chi connectivity index (χ0) is 19.7. The Bertz CT molecular complexity index is 859. The minimum Gasteiger partial charge on any atom is -0.406 e. The maximum Gasteiger partial charge on any atom is 0.573 e. The summed E-state index contributed by atoms with van der Waals surface area (Å²) < 4.78 is 43.2. The van der Waals surface area contributed by atoms with Gasteiger partial charge in [-0.1, -0.05) is 6.07 Å². The topological polar surface area (TPSA) is 72.3 Å². The number of carbonyl (C=O) groups is 1. The number of hydrogen-bond acceptors (Lipinski definition) is 5. The van der Waals surface area contributed by atoms with Gasteiger partial charge in [-0.15, -0.1) is 23.4 Å². The summed E-state index contributed by atoms with van der Waals surface area (Å²) in [6, 6.07) is 5.20. The number of piperidine rings is 1. The fraction of sp³-hybridized carbons (Fsp3) is 0.500. The number of nitrogens with zero attached hydrogens (tertiary/aromatic N) is 4. The van der Waals surface area contributed by atoms with Gasteiger partial charge < -0.3 is 19.5 Å². The second kappa shape index (κ2) is 7.42. The van der Waals surface area contributed by atoms with Crippen LogP contribution >= 0.6 is 0 Å². The highest BCUT2D eigenvalue weighted by Gasteiger charge is 2.32. The average Bonchev–Trinajstić information content (AvgIpc) is 3.10. The summed E-state index contributed by atoms with van der Waals surface area (Å²) in [6.07, 6.45) is -3.29. The van der Waals surface area contributed by atoms with Crippen molar-refractivity contribution in [2.45, 2.75) is 38.2 Å². The number of amides is 1. The van der Waals surface area contributed by atoms with Gasteiger partial charge in [0, 0.05) is 37.7 Å². The third kappa shape index (κ3) is 3.96. The van der Waals surface area contributed by atoms with E-state index in [0.29, 0.717) is 19.6 Å². The molecule has 0 atom stereocenters. The quantitative estimate of drug-likeness (QED) is 0.864. The monoisotopic (exact) mass is 395 g/mol. The van der Waals surface area contributed by atoms with Gasteiger partial charge in [-0.25, -0.2) is 0 Å². The number of nitrogens with one attached hydrogen (secondary N) is 1. The lowest BCUT2D eigenvalue weighted by Crippen LogP contribution is -2.39. The fourth-order valence-electron chi connectivity index (χ4n) is 3.77. The van der Waals surface area contributed by atoms with Crippen LogP contribution in [0.25, 0.3) is 0 Å². The number of fused-ring (bicyclic) bond motifs is 1. The van der Waals surface area contributed by atoms with Crippen molar-refractivity contribution in [2.24, 2.45) is 0 Å². The highest BCUT2D eigenvalue weighted by atomic mass is 19.4. The van der Waals surface area contributed by atoms with Crippen molar-refractivity contribution in [3.05, 3.63) is 41.5 Å². The predicted octanol–water partition coefficient (Wildman–Crippen LogP) is 2.30. The molecule has 1 aromatic heterocycles. The molecule has 1 aromatic carbocycles. The van der Waals surface area contributed by atoms with Gasteiger partial charge in [0.05, 0.1) is 6.54 Å². The molecule has 1 saturated heterocycles. The van der Waals surface area contributed by atoms with E-state index in [-0.39, 0.29) is 17.4 Å². The Balaban J connectivity index is 1.41. The van der Waals surface area contributed by atoms with E-state index in [9.17, 15) is 18.0 Å². The summed E-state index contributed by atoms with van der Waals surface area (Å²) in [4.78, 5) is 14.4. The molecule has 0 radical (unpaired) electrons. The van der Waals surface area contributed by atoms with Crippen molar-refractivity contribution in [1.29, 1.82) is 0 Å². The molecule has 0 unspecified atom stereocenters. The number of likely N-dealkylation sites (tertiary alicyclic amines) is 1. The van der Waals surface area contributed by atoms with Crippen LogP contribution in [0, 0.1) is 0 Å². The number of aromatic nitrogens is 3. The van der Waals surface area contributed by atoms with Crippen LogP contribution in [-0.2, 0) is 13.1 Å². The van der Waals surface area contributed by atoms with Crippen molar-refractivity contribution in [3.8, 4) is 5.75 Å². The molecule has 3 heterocycles. The number of hydrogen-bond donors (Lipinski definition) is 1. The molecule has 0 spiro atoms. The Kier molecular flexibility index (Phi) is 4.96. The van der Waals surface area contributed by atoms with Crippen molar-refractivity contribution >= 4 is 5.91 Å². The summed E-state index contributed by atoms with van der Waals surface area (Å²) in [6.45, 7) is 3.47. The lowest BCUT2D eigenvalue weighted by atomic mass is 9.95. The first-order chi connectivity index (χ1) is 13.4. The van der Waals surface area contributed by atoms with Gasteiger partial charge in [0.25, 0.3) is 5.91 Å². The Hall–Kier alpha value is -2.62. The summed E-state index contributed by atoms with van der Waals surface area (Å²) in [5.74, 6) is 1.43. The van der Waals surface area contributed by atoms with E-state index in [1.165, 1.54) is 18.2 Å². The van der Waals surface area contributed by atoms with Gasteiger partial charge in [0.1, 0.15) is 17.4 Å². The van der Waals surface area contributed by atoms with E-state index in [0.717, 1.165) is 43.6 Å². The smallest absolute Gasteiger partial charge is 0.406 e. The van der Waals surface area contributed by atoms with E-state index in [1.807, 2.05) is 0 Å². The van der Waals surface area contributed by atoms with Crippen molar-refractivity contribution in [3.63, 3.8) is 0 Å². The third-order valence-electron chi connectivity index (χ3n) is 5.11. The molecule has 28 heavy (non-hydrogen) atoms. The van der Waals surface area contributed by atoms with Crippen LogP contribution in [0.4, 0.5) is 13.2 Å². The normalized spacial score (nSPS) is 18.0. The Morgan fingerprint density at radius 3 is 2.71 bits per heavy atom. The maximum absolute atomic E-state index is 12.7. The second-order valence-corrected chi connectivity index (χ2v) is 6.94. The molecular weight excluding hydrogens is 375 g/mol. The fourth-order valence-corrected chi connectivity index (χ4v) is 3.77. The van der Waals surface area contributed by atoms with Gasteiger partial charge in [-0.2, -0.15) is 0 Å². The Morgan fingerprint density at radius 2 is 1.96 bits per heavy atom. The van der Waals surface area contributed by atoms with E-state index in [2.05, 4.69) is 24.8 Å². The van der Waals surface area contributed by atoms with E-state index < -0.39 is 12.1 Å². The molecule has 0 aliphatic carbocycles. The lowest BCUT2D eigenvalue weighted by Gasteiger charge is -2.32. The molecule has 4 rings (SSSR count). The minimum absolute atomic E-state index is 0.186. The summed E-state index contributed by atoms with van der Waals surface area (Å²) in [5.41, 5.74) is 0.186. The van der Waals surface area contributed by atoms with Gasteiger partial charge in [0.15, 0.2) is 0 Å². The van der Waals surface area contributed by atoms with Crippen LogP contribution in [0.15, 0.2) is 24.3 Å². The molecule has 1 fully saturated rings. The Labute approximate surface area is 159 Å². The van der Waals surface area contributed by atoms with Crippen LogP contribution in [0.5, 0.6) is 5.75 Å². The number of benzene rings is 1. The molecule has 7 nitrogen and oxygen atoms in total. The van der Waals surface area contributed by atoms with E-state index in [1.54, 1.807) is 4.90 Å². The van der Waals surface area contributed by atoms with Gasteiger partial charge in [0.2, 0.25) is 0 Å². The largest absolute Gasteiger partial charge is 0.573 e. The minimum atomic E-state index is -4.78. The maximum atomic E-state index is 12.7. The number of ether oxygens (including phenoxy) is 1. The van der Waals surface area contributed by atoms with Crippen LogP contribution in [0.3, 0.4) is 0 Å². The third-order valence-corrected chi connectivity index (χ3v) is 5.11. The second-order valence-electron chi connectivity index (χ2n) is 6.94. The zero-order valence-electron chi connectivity index (χ0n) is 15.1. The number of alkyl halides is 3. The van der Waals surface area contributed by atoms with Crippen molar-refractivity contribution in [1.82, 2.24) is 25.0 Å². The van der Waals surface area contributed by atoms with Crippen LogP contribution in [-0.4, -0.2) is 51.6 Å². The molecule has 150 valence electrons. The van der Waals surface area contributed by atoms with Crippen molar-refractivity contribution < 1.29 is 22.7 Å². The molecular formula is C18H20F3N5O2. The average molecular weight is 395 g/mol. The molecule has 2 aromatic rings. The van der Waals surface area contributed by atoms with Crippen LogP contribution in [0.2, 0.25) is 0 Å². The zero-order valence-corrected chi connectivity index (χ0v) is 15.1. The molecule has 2 aliphatic heterocycles. The standard InChI is InChI=1S/C18H20F3N5O2/c19-18(20,21)28-14-3-1-2-13(10-14)17(27)25-7-4-12(5-8-25)16-24-23-15-11-22-6-9-26(15)16/h1-3,10,12,22H,4-9,11H2. The molecule has 10 heteroatoms. The van der Waals surface area contributed by atoms with Crippen LogP contribution in [0.1, 0.15) is 40.8 Å². The Morgan fingerprint density at radius 1 is 1.18 bits per heavy atom. The van der Waals surface area contributed by atoms with Gasteiger partial charge >= 0.3 is 6.36 Å². The highest BCUT2D eigenvalue weighted by Crippen LogP contribution is 2.29. The highest BCUT2D eigenvalue weighted by molar-refractivity contribution is 5.94. The SMILES string of the molecule is O=C(c1cccc(OC(F)(F)F)c1)N1CCC(c2nnc3n2CCNC3)CC1. The summed E-state index contributed by atoms with van der Waals surface area (Å²) in [7, 11) is 0. The van der Waals surface area contributed by atoms with Gasteiger partial charge in [-0.05, 0) is 31.0 Å². The van der Waals surface area contributed by atoms with E-state index in [4.69, 9.17) is 0 Å². The number of rotatable bonds is 3. The van der Waals surface area contributed by atoms with Crippen LogP contribution < -0.4 is 10.1 Å². The summed E-state index contributed by atoms with van der Waals surface area (Å²) in [5, 5.41) is 11.8. The first-order valence-corrected chi connectivity index (χ1v) is 9.18. The summed E-state index contributed by atoms with van der Waals surface area (Å²) >= 11 is 0. The predicted molar refractivity (Wildman–Crippen MR) is 92.7 cm³/mol. The first-order valence-electron chi connectivity index (χ1n) is 9.18. The molecule has 0 saturated carbocycles. The molecule has 1 amide bonds. The lowest BCUT2D eigenvalue weighted by molar-refractivity contribution is -0.274. The number of halogens is 3. The molecule has 2 aliphatic rings. The number of carbonyl (C=O) groups excluding carboxylic acids is 1. The molecule has 1 N–H and O–H groups in total. The van der Waals surface area contributed by atoms with E-state index >= 15 is 0 Å². The van der Waals surface area contributed by atoms with Gasteiger partial charge in [-0.3, -0.25) is 4.79 Å². The molecule has 0 bridgehead atoms.